The highest BCUT2D eigenvalue weighted by atomic mass is 35.5. The van der Waals surface area contributed by atoms with Gasteiger partial charge >= 0.3 is 0 Å². The molecule has 0 aliphatic carbocycles. The fraction of sp³-hybridized carbons (Fsp3) is 0.294. The van der Waals surface area contributed by atoms with Crippen molar-refractivity contribution in [3.05, 3.63) is 69.7 Å². The van der Waals surface area contributed by atoms with E-state index in [0.717, 1.165) is 21.2 Å². The lowest BCUT2D eigenvalue weighted by Crippen LogP contribution is -2.20. The molecule has 0 amide bonds. The van der Waals surface area contributed by atoms with E-state index in [1.54, 1.807) is 0 Å². The molecule has 0 saturated carbocycles. The first-order chi connectivity index (χ1) is 8.91. The van der Waals surface area contributed by atoms with E-state index in [2.05, 4.69) is 32.9 Å². The smallest absolute Gasteiger partial charge is 0.0444 e. The highest BCUT2D eigenvalue weighted by Gasteiger charge is 2.30. The summed E-state index contributed by atoms with van der Waals surface area (Å²) in [6.07, 6.45) is 0. The van der Waals surface area contributed by atoms with Crippen LogP contribution < -0.4 is 0 Å². The average Bonchev–Trinajstić information content (AvgIpc) is 2.33. The van der Waals surface area contributed by atoms with Crippen molar-refractivity contribution in [1.82, 2.24) is 0 Å². The SMILES string of the molecule is CC(C)(C)C(c1ccccc1Cl)c1ccccc1Cl. The minimum Gasteiger partial charge on any atom is -0.0840 e. The first-order valence-electron chi connectivity index (χ1n) is 6.40. The Labute approximate surface area is 125 Å². The van der Waals surface area contributed by atoms with Crippen LogP contribution >= 0.6 is 23.2 Å². The van der Waals surface area contributed by atoms with Crippen LogP contribution in [0.5, 0.6) is 0 Å². The zero-order chi connectivity index (χ0) is 14.0. The molecule has 0 aliphatic heterocycles. The minimum atomic E-state index is 0.0377. The van der Waals surface area contributed by atoms with Crippen LogP contribution in [0.4, 0.5) is 0 Å². The number of halogens is 2. The summed E-state index contributed by atoms with van der Waals surface area (Å²) in [4.78, 5) is 0. The molecule has 0 aromatic heterocycles. The molecule has 0 heterocycles. The Hall–Kier alpha value is -0.980. The minimum absolute atomic E-state index is 0.0377. The quantitative estimate of drug-likeness (QED) is 0.621. The lowest BCUT2D eigenvalue weighted by Gasteiger charge is -2.33. The lowest BCUT2D eigenvalue weighted by molar-refractivity contribution is 0.359. The standard InChI is InChI=1S/C17H18Cl2/c1-17(2,3)16(12-8-4-6-10-14(12)18)13-9-5-7-11-15(13)19/h4-11,16H,1-3H3. The van der Waals surface area contributed by atoms with E-state index >= 15 is 0 Å². The van der Waals surface area contributed by atoms with Crippen molar-refractivity contribution in [1.29, 1.82) is 0 Å². The van der Waals surface area contributed by atoms with Crippen LogP contribution in [-0.4, -0.2) is 0 Å². The molecule has 0 aliphatic rings. The van der Waals surface area contributed by atoms with E-state index in [0.29, 0.717) is 0 Å². The van der Waals surface area contributed by atoms with Crippen molar-refractivity contribution in [2.45, 2.75) is 26.7 Å². The van der Waals surface area contributed by atoms with Crippen LogP contribution in [0.25, 0.3) is 0 Å². The van der Waals surface area contributed by atoms with E-state index in [1.165, 1.54) is 0 Å². The van der Waals surface area contributed by atoms with Gasteiger partial charge in [0.15, 0.2) is 0 Å². The Morgan fingerprint density at radius 1 is 0.737 bits per heavy atom. The van der Waals surface area contributed by atoms with Gasteiger partial charge in [0.05, 0.1) is 0 Å². The van der Waals surface area contributed by atoms with Crippen molar-refractivity contribution in [3.8, 4) is 0 Å². The zero-order valence-corrected chi connectivity index (χ0v) is 13.0. The summed E-state index contributed by atoms with van der Waals surface area (Å²) in [6.45, 7) is 6.64. The van der Waals surface area contributed by atoms with Gasteiger partial charge in [-0.3, -0.25) is 0 Å². The van der Waals surface area contributed by atoms with Crippen molar-refractivity contribution in [2.75, 3.05) is 0 Å². The van der Waals surface area contributed by atoms with Crippen molar-refractivity contribution in [3.63, 3.8) is 0 Å². The Morgan fingerprint density at radius 3 is 1.42 bits per heavy atom. The van der Waals surface area contributed by atoms with Gasteiger partial charge in [0, 0.05) is 16.0 Å². The molecule has 2 rings (SSSR count). The van der Waals surface area contributed by atoms with Gasteiger partial charge in [-0.05, 0) is 28.7 Å². The van der Waals surface area contributed by atoms with Gasteiger partial charge in [0.2, 0.25) is 0 Å². The van der Waals surface area contributed by atoms with E-state index in [1.807, 2.05) is 36.4 Å². The summed E-state index contributed by atoms with van der Waals surface area (Å²) in [7, 11) is 0. The van der Waals surface area contributed by atoms with Gasteiger partial charge in [0.25, 0.3) is 0 Å². The van der Waals surface area contributed by atoms with E-state index < -0.39 is 0 Å². The average molecular weight is 293 g/mol. The monoisotopic (exact) mass is 292 g/mol. The molecule has 100 valence electrons. The molecule has 2 aromatic rings. The molecular formula is C17H18Cl2. The molecule has 0 saturated heterocycles. The third kappa shape index (κ3) is 3.13. The van der Waals surface area contributed by atoms with Gasteiger partial charge in [-0.25, -0.2) is 0 Å². The highest BCUT2D eigenvalue weighted by molar-refractivity contribution is 6.32. The Morgan fingerprint density at radius 2 is 1.11 bits per heavy atom. The van der Waals surface area contributed by atoms with Crippen LogP contribution in [0.3, 0.4) is 0 Å². The highest BCUT2D eigenvalue weighted by Crippen LogP contribution is 2.45. The Bertz CT molecular complexity index is 522. The fourth-order valence-electron chi connectivity index (χ4n) is 2.52. The maximum atomic E-state index is 6.38. The molecule has 0 atom stereocenters. The first-order valence-corrected chi connectivity index (χ1v) is 7.15. The van der Waals surface area contributed by atoms with E-state index in [9.17, 15) is 0 Å². The third-order valence-corrected chi connectivity index (χ3v) is 3.99. The molecule has 0 unspecified atom stereocenters. The molecule has 2 heteroatoms. The second kappa shape index (κ2) is 5.56. The first kappa shape index (κ1) is 14.4. The zero-order valence-electron chi connectivity index (χ0n) is 11.5. The summed E-state index contributed by atoms with van der Waals surface area (Å²) < 4.78 is 0. The van der Waals surface area contributed by atoms with Gasteiger partial charge in [-0.15, -0.1) is 0 Å². The summed E-state index contributed by atoms with van der Waals surface area (Å²) in [5.41, 5.74) is 2.30. The summed E-state index contributed by atoms with van der Waals surface area (Å²) in [5.74, 6) is 0.176. The number of rotatable bonds is 2. The maximum Gasteiger partial charge on any atom is 0.0444 e. The second-order valence-corrected chi connectivity index (χ2v) is 6.66. The molecular weight excluding hydrogens is 275 g/mol. The molecule has 2 aromatic carbocycles. The van der Waals surface area contributed by atoms with Gasteiger partial charge in [-0.2, -0.15) is 0 Å². The molecule has 0 spiro atoms. The summed E-state index contributed by atoms with van der Waals surface area (Å²) in [5, 5.41) is 1.59. The predicted molar refractivity (Wildman–Crippen MR) is 84.2 cm³/mol. The normalized spacial score (nSPS) is 11.9. The topological polar surface area (TPSA) is 0 Å². The van der Waals surface area contributed by atoms with Gasteiger partial charge in [-0.1, -0.05) is 80.4 Å². The van der Waals surface area contributed by atoms with Gasteiger partial charge in [0.1, 0.15) is 0 Å². The second-order valence-electron chi connectivity index (χ2n) is 5.84. The molecule has 0 bridgehead atoms. The van der Waals surface area contributed by atoms with Crippen LogP contribution in [0.15, 0.2) is 48.5 Å². The lowest BCUT2D eigenvalue weighted by atomic mass is 9.72. The van der Waals surface area contributed by atoms with Crippen LogP contribution in [-0.2, 0) is 0 Å². The maximum absolute atomic E-state index is 6.38. The molecule has 0 N–H and O–H groups in total. The molecule has 0 nitrogen and oxygen atoms in total. The van der Waals surface area contributed by atoms with Crippen molar-refractivity contribution < 1.29 is 0 Å². The van der Waals surface area contributed by atoms with Crippen LogP contribution in [0.1, 0.15) is 37.8 Å². The largest absolute Gasteiger partial charge is 0.0840 e. The van der Waals surface area contributed by atoms with E-state index in [4.69, 9.17) is 23.2 Å². The number of benzene rings is 2. The van der Waals surface area contributed by atoms with Crippen LogP contribution in [0.2, 0.25) is 10.0 Å². The predicted octanol–water partition coefficient (Wildman–Crippen LogP) is 6.17. The Kier molecular flexibility index (Phi) is 4.23. The molecule has 0 fully saturated rings. The van der Waals surface area contributed by atoms with Crippen molar-refractivity contribution in [2.24, 2.45) is 5.41 Å². The fourth-order valence-corrected chi connectivity index (χ4v) is 3.01. The van der Waals surface area contributed by atoms with E-state index in [-0.39, 0.29) is 11.3 Å². The molecule has 0 radical (unpaired) electrons. The molecule has 19 heavy (non-hydrogen) atoms. The Balaban J connectivity index is 2.62. The summed E-state index contributed by atoms with van der Waals surface area (Å²) >= 11 is 12.8. The summed E-state index contributed by atoms with van der Waals surface area (Å²) in [6, 6.07) is 16.0. The van der Waals surface area contributed by atoms with Crippen molar-refractivity contribution >= 4 is 23.2 Å². The third-order valence-electron chi connectivity index (χ3n) is 3.30. The number of hydrogen-bond acceptors (Lipinski definition) is 0. The van der Waals surface area contributed by atoms with Gasteiger partial charge < -0.3 is 0 Å². The number of hydrogen-bond donors (Lipinski definition) is 0. The van der Waals surface area contributed by atoms with Crippen LogP contribution in [0, 0.1) is 5.41 Å².